The molecule has 8 heteroatoms. The summed E-state index contributed by atoms with van der Waals surface area (Å²) < 4.78 is 27.9. The van der Waals surface area contributed by atoms with Crippen molar-refractivity contribution < 1.29 is 18.3 Å². The van der Waals surface area contributed by atoms with Gasteiger partial charge in [-0.2, -0.15) is 0 Å². The number of hydrogen-bond donors (Lipinski definition) is 2. The van der Waals surface area contributed by atoms with Gasteiger partial charge in [-0.05, 0) is 24.6 Å². The minimum Gasteiger partial charge on any atom is -0.477 e. The lowest BCUT2D eigenvalue weighted by Gasteiger charge is -2.06. The molecule has 0 saturated carbocycles. The summed E-state index contributed by atoms with van der Waals surface area (Å²) in [6, 6.07) is 2.74. The average molecular weight is 295 g/mol. The molecule has 20 heavy (non-hydrogen) atoms. The Balaban J connectivity index is 2.36. The van der Waals surface area contributed by atoms with Crippen LogP contribution in [0.4, 0.5) is 5.69 Å². The van der Waals surface area contributed by atoms with Gasteiger partial charge in [-0.3, -0.25) is 9.71 Å². The van der Waals surface area contributed by atoms with Crippen molar-refractivity contribution in [1.82, 2.24) is 9.55 Å². The maximum atomic E-state index is 12.2. The number of pyridine rings is 1. The SMILES string of the molecule is Cc1cncc(NS(=O)(=O)c2cc(C(=O)O)n(C)c2)c1. The van der Waals surface area contributed by atoms with Crippen LogP contribution in [0, 0.1) is 6.92 Å². The first-order valence-electron chi connectivity index (χ1n) is 5.64. The second kappa shape index (κ2) is 4.97. The van der Waals surface area contributed by atoms with E-state index >= 15 is 0 Å². The summed E-state index contributed by atoms with van der Waals surface area (Å²) in [5, 5.41) is 8.92. The zero-order valence-electron chi connectivity index (χ0n) is 10.9. The number of aromatic nitrogens is 2. The van der Waals surface area contributed by atoms with Gasteiger partial charge in [0, 0.05) is 19.4 Å². The van der Waals surface area contributed by atoms with Gasteiger partial charge in [0.2, 0.25) is 0 Å². The van der Waals surface area contributed by atoms with E-state index < -0.39 is 16.0 Å². The number of anilines is 1. The number of nitrogens with one attached hydrogen (secondary N) is 1. The minimum absolute atomic E-state index is 0.104. The highest BCUT2D eigenvalue weighted by molar-refractivity contribution is 7.92. The highest BCUT2D eigenvalue weighted by atomic mass is 32.2. The lowest BCUT2D eigenvalue weighted by Crippen LogP contribution is -2.12. The van der Waals surface area contributed by atoms with Gasteiger partial charge in [0.05, 0.1) is 11.9 Å². The summed E-state index contributed by atoms with van der Waals surface area (Å²) in [4.78, 5) is 14.7. The summed E-state index contributed by atoms with van der Waals surface area (Å²) in [7, 11) is -2.37. The van der Waals surface area contributed by atoms with E-state index in [0.29, 0.717) is 5.69 Å². The van der Waals surface area contributed by atoms with E-state index in [0.717, 1.165) is 11.6 Å². The number of carboxylic acid groups (broad SMARTS) is 1. The van der Waals surface area contributed by atoms with Crippen LogP contribution in [-0.4, -0.2) is 29.0 Å². The number of hydrogen-bond acceptors (Lipinski definition) is 4. The number of nitrogens with zero attached hydrogens (tertiary/aromatic N) is 2. The summed E-state index contributed by atoms with van der Waals surface area (Å²) in [6.07, 6.45) is 4.23. The molecule has 0 radical (unpaired) electrons. The van der Waals surface area contributed by atoms with Crippen LogP contribution in [0.3, 0.4) is 0 Å². The molecule has 0 aliphatic carbocycles. The minimum atomic E-state index is -3.84. The van der Waals surface area contributed by atoms with Crippen LogP contribution in [0.25, 0.3) is 0 Å². The summed E-state index contributed by atoms with van der Waals surface area (Å²) in [5.41, 5.74) is 1.03. The average Bonchev–Trinajstić information content (AvgIpc) is 2.71. The highest BCUT2D eigenvalue weighted by Crippen LogP contribution is 2.18. The second-order valence-electron chi connectivity index (χ2n) is 4.33. The van der Waals surface area contributed by atoms with Crippen molar-refractivity contribution >= 4 is 21.7 Å². The fourth-order valence-electron chi connectivity index (χ4n) is 1.72. The molecule has 2 aromatic rings. The van der Waals surface area contributed by atoms with Gasteiger partial charge < -0.3 is 9.67 Å². The Kier molecular flexibility index (Phi) is 3.49. The third-order valence-electron chi connectivity index (χ3n) is 2.64. The third-order valence-corrected chi connectivity index (χ3v) is 3.98. The maximum Gasteiger partial charge on any atom is 0.352 e. The number of rotatable bonds is 4. The van der Waals surface area contributed by atoms with Gasteiger partial charge in [0.25, 0.3) is 10.0 Å². The Hall–Kier alpha value is -2.35. The van der Waals surface area contributed by atoms with Gasteiger partial charge in [0.15, 0.2) is 0 Å². The predicted octanol–water partition coefficient (Wildman–Crippen LogP) is 1.23. The molecule has 0 spiro atoms. The van der Waals surface area contributed by atoms with Crippen LogP contribution < -0.4 is 4.72 Å². The molecule has 2 N–H and O–H groups in total. The number of carboxylic acids is 1. The molecule has 7 nitrogen and oxygen atoms in total. The van der Waals surface area contributed by atoms with Crippen molar-refractivity contribution in [2.45, 2.75) is 11.8 Å². The molecule has 0 bridgehead atoms. The van der Waals surface area contributed by atoms with E-state index in [9.17, 15) is 13.2 Å². The summed E-state index contributed by atoms with van der Waals surface area (Å²) in [5.74, 6) is -1.19. The Morgan fingerprint density at radius 2 is 2.05 bits per heavy atom. The molecular weight excluding hydrogens is 282 g/mol. The zero-order valence-corrected chi connectivity index (χ0v) is 11.7. The van der Waals surface area contributed by atoms with Crippen molar-refractivity contribution in [2.24, 2.45) is 7.05 Å². The Labute approximate surface area is 115 Å². The first-order chi connectivity index (χ1) is 9.29. The lowest BCUT2D eigenvalue weighted by molar-refractivity contribution is 0.0686. The molecule has 2 heterocycles. The van der Waals surface area contributed by atoms with Gasteiger partial charge in [-0.1, -0.05) is 0 Å². The monoisotopic (exact) mass is 295 g/mol. The summed E-state index contributed by atoms with van der Waals surface area (Å²) in [6.45, 7) is 1.79. The molecule has 2 aromatic heterocycles. The molecule has 0 atom stereocenters. The van der Waals surface area contributed by atoms with Crippen molar-refractivity contribution in [3.8, 4) is 0 Å². The molecule has 0 aliphatic rings. The number of aromatic carboxylic acids is 1. The van der Waals surface area contributed by atoms with Crippen molar-refractivity contribution in [1.29, 1.82) is 0 Å². The van der Waals surface area contributed by atoms with E-state index in [1.165, 1.54) is 24.0 Å². The van der Waals surface area contributed by atoms with Crippen LogP contribution in [0.5, 0.6) is 0 Å². The normalized spacial score (nSPS) is 11.3. The molecule has 106 valence electrons. The standard InChI is InChI=1S/C12H13N3O4S/c1-8-3-9(6-13-5-8)14-20(18,19)10-4-11(12(16)17)15(2)7-10/h3-7,14H,1-2H3,(H,16,17). The molecule has 0 fully saturated rings. The number of sulfonamides is 1. The van der Waals surface area contributed by atoms with Crippen LogP contribution in [0.15, 0.2) is 35.6 Å². The molecule has 0 unspecified atom stereocenters. The van der Waals surface area contributed by atoms with Crippen LogP contribution >= 0.6 is 0 Å². The number of aryl methyl sites for hydroxylation is 2. The van der Waals surface area contributed by atoms with Crippen molar-refractivity contribution in [3.05, 3.63) is 42.0 Å². The van der Waals surface area contributed by atoms with Crippen molar-refractivity contribution in [3.63, 3.8) is 0 Å². The lowest BCUT2D eigenvalue weighted by atomic mass is 10.3. The Morgan fingerprint density at radius 1 is 1.35 bits per heavy atom. The molecular formula is C12H13N3O4S. The van der Waals surface area contributed by atoms with Gasteiger partial charge in [0.1, 0.15) is 10.6 Å². The second-order valence-corrected chi connectivity index (χ2v) is 6.02. The number of carbonyl (C=O) groups is 1. The Bertz CT molecular complexity index is 765. The fourth-order valence-corrected chi connectivity index (χ4v) is 2.82. The van der Waals surface area contributed by atoms with E-state index in [2.05, 4.69) is 9.71 Å². The largest absolute Gasteiger partial charge is 0.477 e. The Morgan fingerprint density at radius 3 is 2.60 bits per heavy atom. The van der Waals surface area contributed by atoms with Crippen LogP contribution in [0.1, 0.15) is 16.1 Å². The van der Waals surface area contributed by atoms with Gasteiger partial charge in [-0.15, -0.1) is 0 Å². The van der Waals surface area contributed by atoms with E-state index in [-0.39, 0.29) is 10.6 Å². The molecule has 0 aromatic carbocycles. The summed E-state index contributed by atoms with van der Waals surface area (Å²) >= 11 is 0. The molecule has 0 amide bonds. The smallest absolute Gasteiger partial charge is 0.352 e. The topological polar surface area (TPSA) is 101 Å². The van der Waals surface area contributed by atoms with E-state index in [4.69, 9.17) is 5.11 Å². The van der Waals surface area contributed by atoms with E-state index in [1.54, 1.807) is 19.2 Å². The molecule has 0 saturated heterocycles. The van der Waals surface area contributed by atoms with Crippen LogP contribution in [-0.2, 0) is 17.1 Å². The molecule has 2 rings (SSSR count). The van der Waals surface area contributed by atoms with E-state index in [1.807, 2.05) is 0 Å². The van der Waals surface area contributed by atoms with Gasteiger partial charge in [-0.25, -0.2) is 13.2 Å². The first kappa shape index (κ1) is 14.1. The molecule has 0 aliphatic heterocycles. The van der Waals surface area contributed by atoms with Crippen LogP contribution in [0.2, 0.25) is 0 Å². The highest BCUT2D eigenvalue weighted by Gasteiger charge is 2.20. The van der Waals surface area contributed by atoms with Crippen molar-refractivity contribution in [2.75, 3.05) is 4.72 Å². The maximum absolute atomic E-state index is 12.2. The fraction of sp³-hybridized carbons (Fsp3) is 0.167. The quantitative estimate of drug-likeness (QED) is 0.883. The first-order valence-corrected chi connectivity index (χ1v) is 7.12. The third kappa shape index (κ3) is 2.80. The van der Waals surface area contributed by atoms with Gasteiger partial charge >= 0.3 is 5.97 Å². The predicted molar refractivity (Wildman–Crippen MR) is 72.2 cm³/mol. The zero-order chi connectivity index (χ0) is 14.9.